The first-order valence-corrected chi connectivity index (χ1v) is 7.46. The standard InChI is InChI=1S/C14H31N3/c1-4-7-10-13(16-15)14(11-8-9-12-14)17(5-2)6-3/h13,16H,4-12,15H2,1-3H3. The quantitative estimate of drug-likeness (QED) is 0.507. The SMILES string of the molecule is CCCCC(NN)C1(N(CC)CC)CCCC1. The molecule has 0 saturated heterocycles. The van der Waals surface area contributed by atoms with Crippen LogP contribution in [0.1, 0.15) is 65.7 Å². The van der Waals surface area contributed by atoms with Crippen LogP contribution in [0.15, 0.2) is 0 Å². The first-order chi connectivity index (χ1) is 8.25. The van der Waals surface area contributed by atoms with Crippen molar-refractivity contribution in [3.05, 3.63) is 0 Å². The van der Waals surface area contributed by atoms with Gasteiger partial charge in [0.1, 0.15) is 0 Å². The summed E-state index contributed by atoms with van der Waals surface area (Å²) in [6.45, 7) is 9.09. The topological polar surface area (TPSA) is 41.3 Å². The van der Waals surface area contributed by atoms with E-state index in [-0.39, 0.29) is 0 Å². The Kier molecular flexibility index (Phi) is 6.45. The molecule has 0 spiro atoms. The van der Waals surface area contributed by atoms with Crippen molar-refractivity contribution in [1.82, 2.24) is 10.3 Å². The van der Waals surface area contributed by atoms with E-state index in [9.17, 15) is 0 Å². The maximum atomic E-state index is 5.85. The monoisotopic (exact) mass is 241 g/mol. The lowest BCUT2D eigenvalue weighted by molar-refractivity contribution is 0.0588. The summed E-state index contributed by atoms with van der Waals surface area (Å²) in [4.78, 5) is 2.64. The van der Waals surface area contributed by atoms with E-state index in [2.05, 4.69) is 31.1 Å². The van der Waals surface area contributed by atoms with Crippen molar-refractivity contribution in [2.75, 3.05) is 13.1 Å². The zero-order chi connectivity index (χ0) is 12.7. The summed E-state index contributed by atoms with van der Waals surface area (Å²) in [7, 11) is 0. The van der Waals surface area contributed by atoms with Gasteiger partial charge in [-0.1, -0.05) is 46.5 Å². The molecule has 0 radical (unpaired) electrons. The third-order valence-electron chi connectivity index (χ3n) is 4.56. The molecular formula is C14H31N3. The van der Waals surface area contributed by atoms with Crippen LogP contribution in [0.5, 0.6) is 0 Å². The van der Waals surface area contributed by atoms with Crippen LogP contribution in [0.25, 0.3) is 0 Å². The van der Waals surface area contributed by atoms with Crippen LogP contribution in [0.3, 0.4) is 0 Å². The second-order valence-corrected chi connectivity index (χ2v) is 5.34. The lowest BCUT2D eigenvalue weighted by Crippen LogP contribution is -2.61. The number of nitrogens with zero attached hydrogens (tertiary/aromatic N) is 1. The average Bonchev–Trinajstić information content (AvgIpc) is 2.82. The molecule has 1 saturated carbocycles. The van der Waals surface area contributed by atoms with Crippen molar-refractivity contribution in [1.29, 1.82) is 0 Å². The summed E-state index contributed by atoms with van der Waals surface area (Å²) < 4.78 is 0. The van der Waals surface area contributed by atoms with Crippen molar-refractivity contribution in [3.8, 4) is 0 Å². The number of unbranched alkanes of at least 4 members (excludes halogenated alkanes) is 1. The Morgan fingerprint density at radius 3 is 2.18 bits per heavy atom. The molecule has 3 nitrogen and oxygen atoms in total. The molecule has 0 aromatic heterocycles. The van der Waals surface area contributed by atoms with Gasteiger partial charge in [0.05, 0.1) is 0 Å². The maximum absolute atomic E-state index is 5.85. The van der Waals surface area contributed by atoms with Crippen LogP contribution < -0.4 is 11.3 Å². The van der Waals surface area contributed by atoms with E-state index in [1.54, 1.807) is 0 Å². The lowest BCUT2D eigenvalue weighted by Gasteiger charge is -2.46. The van der Waals surface area contributed by atoms with Gasteiger partial charge >= 0.3 is 0 Å². The van der Waals surface area contributed by atoms with E-state index < -0.39 is 0 Å². The van der Waals surface area contributed by atoms with Gasteiger partial charge < -0.3 is 0 Å². The Labute approximate surface area is 107 Å². The molecule has 1 aliphatic rings. The Balaban J connectivity index is 2.80. The highest BCUT2D eigenvalue weighted by Gasteiger charge is 2.43. The predicted molar refractivity (Wildman–Crippen MR) is 74.8 cm³/mol. The molecule has 0 aliphatic heterocycles. The number of hydrogen-bond donors (Lipinski definition) is 2. The predicted octanol–water partition coefficient (Wildman–Crippen LogP) is 2.66. The molecule has 17 heavy (non-hydrogen) atoms. The van der Waals surface area contributed by atoms with Crippen LogP contribution >= 0.6 is 0 Å². The minimum atomic E-state index is 0.327. The fraction of sp³-hybridized carbons (Fsp3) is 1.00. The van der Waals surface area contributed by atoms with E-state index in [4.69, 9.17) is 5.84 Å². The third-order valence-corrected chi connectivity index (χ3v) is 4.56. The number of rotatable bonds is 8. The zero-order valence-electron chi connectivity index (χ0n) is 12.0. The van der Waals surface area contributed by atoms with Gasteiger partial charge in [0.25, 0.3) is 0 Å². The molecule has 0 aromatic carbocycles. The van der Waals surface area contributed by atoms with Crippen molar-refractivity contribution in [2.24, 2.45) is 5.84 Å². The van der Waals surface area contributed by atoms with Gasteiger partial charge in [-0.15, -0.1) is 0 Å². The van der Waals surface area contributed by atoms with Gasteiger partial charge in [0.2, 0.25) is 0 Å². The highest BCUT2D eigenvalue weighted by molar-refractivity contribution is 5.02. The highest BCUT2D eigenvalue weighted by atomic mass is 15.3. The minimum absolute atomic E-state index is 0.327. The summed E-state index contributed by atoms with van der Waals surface area (Å²) in [6, 6.07) is 0.463. The van der Waals surface area contributed by atoms with Gasteiger partial charge in [-0.2, -0.15) is 0 Å². The van der Waals surface area contributed by atoms with Crippen LogP contribution in [0.4, 0.5) is 0 Å². The van der Waals surface area contributed by atoms with E-state index >= 15 is 0 Å². The maximum Gasteiger partial charge on any atom is 0.0394 e. The summed E-state index contributed by atoms with van der Waals surface area (Å²) in [5, 5.41) is 0. The van der Waals surface area contributed by atoms with E-state index in [1.165, 1.54) is 44.9 Å². The molecule has 0 bridgehead atoms. The molecule has 0 heterocycles. The summed E-state index contributed by atoms with van der Waals surface area (Å²) in [6.07, 6.45) is 9.09. The third kappa shape index (κ3) is 3.21. The molecule has 3 N–H and O–H groups in total. The Bertz CT molecular complexity index is 196. The molecule has 1 aliphatic carbocycles. The van der Waals surface area contributed by atoms with E-state index in [0.717, 1.165) is 13.1 Å². The molecule has 1 atom stereocenters. The normalized spacial score (nSPS) is 21.0. The van der Waals surface area contributed by atoms with Crippen LogP contribution in [-0.2, 0) is 0 Å². The van der Waals surface area contributed by atoms with Crippen molar-refractivity contribution < 1.29 is 0 Å². The number of hydrogen-bond acceptors (Lipinski definition) is 3. The number of likely N-dealkylation sites (N-methyl/N-ethyl adjacent to an activating group) is 1. The molecule has 3 heteroatoms. The fourth-order valence-corrected chi connectivity index (χ4v) is 3.64. The molecular weight excluding hydrogens is 210 g/mol. The van der Waals surface area contributed by atoms with Gasteiger partial charge in [0.15, 0.2) is 0 Å². The Morgan fingerprint density at radius 1 is 1.18 bits per heavy atom. The lowest BCUT2D eigenvalue weighted by atomic mass is 9.83. The average molecular weight is 241 g/mol. The van der Waals surface area contributed by atoms with E-state index in [0.29, 0.717) is 11.6 Å². The zero-order valence-corrected chi connectivity index (χ0v) is 12.0. The number of hydrazine groups is 1. The number of nitrogens with one attached hydrogen (secondary N) is 1. The van der Waals surface area contributed by atoms with Crippen molar-refractivity contribution in [3.63, 3.8) is 0 Å². The minimum Gasteiger partial charge on any atom is -0.297 e. The Hall–Kier alpha value is -0.120. The fourth-order valence-electron chi connectivity index (χ4n) is 3.64. The largest absolute Gasteiger partial charge is 0.297 e. The Morgan fingerprint density at radius 2 is 1.76 bits per heavy atom. The highest BCUT2D eigenvalue weighted by Crippen LogP contribution is 2.39. The summed E-state index contributed by atoms with van der Waals surface area (Å²) >= 11 is 0. The van der Waals surface area contributed by atoms with Gasteiger partial charge in [-0.05, 0) is 32.4 Å². The second-order valence-electron chi connectivity index (χ2n) is 5.34. The van der Waals surface area contributed by atoms with Gasteiger partial charge in [-0.3, -0.25) is 16.2 Å². The molecule has 1 unspecified atom stereocenters. The number of nitrogens with two attached hydrogens (primary N) is 1. The summed E-state index contributed by atoms with van der Waals surface area (Å²) in [5.41, 5.74) is 3.45. The van der Waals surface area contributed by atoms with Gasteiger partial charge in [-0.25, -0.2) is 0 Å². The first-order valence-electron chi connectivity index (χ1n) is 7.46. The molecule has 0 amide bonds. The smallest absolute Gasteiger partial charge is 0.0394 e. The van der Waals surface area contributed by atoms with Gasteiger partial charge in [0, 0.05) is 11.6 Å². The molecule has 1 rings (SSSR count). The van der Waals surface area contributed by atoms with Crippen LogP contribution in [0, 0.1) is 0 Å². The molecule has 102 valence electrons. The van der Waals surface area contributed by atoms with Crippen molar-refractivity contribution in [2.45, 2.75) is 77.3 Å². The summed E-state index contributed by atoms with van der Waals surface area (Å²) in [5.74, 6) is 5.85. The van der Waals surface area contributed by atoms with Crippen LogP contribution in [0.2, 0.25) is 0 Å². The van der Waals surface area contributed by atoms with E-state index in [1.807, 2.05) is 0 Å². The first kappa shape index (κ1) is 14.9. The van der Waals surface area contributed by atoms with Crippen LogP contribution in [-0.4, -0.2) is 29.6 Å². The molecule has 1 fully saturated rings. The van der Waals surface area contributed by atoms with Crippen molar-refractivity contribution >= 4 is 0 Å². The second kappa shape index (κ2) is 7.34. The molecule has 0 aromatic rings.